The second-order valence-electron chi connectivity index (χ2n) is 5.34. The van der Waals surface area contributed by atoms with Gasteiger partial charge in [0.25, 0.3) is 0 Å². The van der Waals surface area contributed by atoms with E-state index >= 15 is 0 Å². The van der Waals surface area contributed by atoms with E-state index in [4.69, 9.17) is 9.84 Å². The summed E-state index contributed by atoms with van der Waals surface area (Å²) >= 11 is 0. The fraction of sp³-hybridized carbons (Fsp3) is 0.294. The van der Waals surface area contributed by atoms with Crippen molar-refractivity contribution in [3.8, 4) is 17.0 Å². The van der Waals surface area contributed by atoms with Gasteiger partial charge in [0.2, 0.25) is 5.88 Å². The van der Waals surface area contributed by atoms with Crippen LogP contribution in [0.2, 0.25) is 0 Å². The molecule has 5 nitrogen and oxygen atoms in total. The second-order valence-corrected chi connectivity index (χ2v) is 5.34. The standard InChI is InChI=1S/C17H18N2O3/c20-17(21)13-3-1-2-12(10-13)14-4-5-16(19-11-14)22-15-6-8-18-9-7-15/h1-5,10-11,15,18H,6-9H2,(H,20,21). The third-order valence-corrected chi connectivity index (χ3v) is 3.75. The highest BCUT2D eigenvalue weighted by molar-refractivity contribution is 5.89. The van der Waals surface area contributed by atoms with Gasteiger partial charge in [-0.3, -0.25) is 0 Å². The number of aromatic nitrogens is 1. The summed E-state index contributed by atoms with van der Waals surface area (Å²) in [5, 5.41) is 12.3. The van der Waals surface area contributed by atoms with Crippen LogP contribution in [-0.2, 0) is 0 Å². The number of nitrogens with zero attached hydrogens (tertiary/aromatic N) is 1. The quantitative estimate of drug-likeness (QED) is 0.907. The minimum absolute atomic E-state index is 0.218. The Hall–Kier alpha value is -2.40. The van der Waals surface area contributed by atoms with Crippen molar-refractivity contribution in [2.75, 3.05) is 13.1 Å². The van der Waals surface area contributed by atoms with E-state index in [2.05, 4.69) is 10.3 Å². The van der Waals surface area contributed by atoms with Crippen molar-refractivity contribution in [1.82, 2.24) is 10.3 Å². The summed E-state index contributed by atoms with van der Waals surface area (Å²) in [7, 11) is 0. The van der Waals surface area contributed by atoms with Crippen molar-refractivity contribution in [2.24, 2.45) is 0 Å². The molecular formula is C17H18N2O3. The van der Waals surface area contributed by atoms with E-state index in [0.717, 1.165) is 37.1 Å². The molecule has 0 atom stereocenters. The van der Waals surface area contributed by atoms with Crippen LogP contribution in [-0.4, -0.2) is 35.3 Å². The first kappa shape index (κ1) is 14.5. The lowest BCUT2D eigenvalue weighted by atomic mass is 10.0. The SMILES string of the molecule is O=C(O)c1cccc(-c2ccc(OC3CCNCC3)nc2)c1. The average Bonchev–Trinajstić information content (AvgIpc) is 2.56. The third kappa shape index (κ3) is 3.43. The number of aromatic carboxylic acids is 1. The predicted molar refractivity (Wildman–Crippen MR) is 83.2 cm³/mol. The van der Waals surface area contributed by atoms with Gasteiger partial charge >= 0.3 is 5.97 Å². The third-order valence-electron chi connectivity index (χ3n) is 3.75. The molecule has 3 rings (SSSR count). The number of rotatable bonds is 4. The Balaban J connectivity index is 1.73. The zero-order valence-electron chi connectivity index (χ0n) is 12.2. The summed E-state index contributed by atoms with van der Waals surface area (Å²) in [5.74, 6) is -0.314. The summed E-state index contributed by atoms with van der Waals surface area (Å²) in [6, 6.07) is 10.6. The molecule has 22 heavy (non-hydrogen) atoms. The lowest BCUT2D eigenvalue weighted by Crippen LogP contribution is -2.34. The summed E-state index contributed by atoms with van der Waals surface area (Å²) in [4.78, 5) is 15.4. The van der Waals surface area contributed by atoms with E-state index in [9.17, 15) is 4.79 Å². The number of carboxylic acid groups (broad SMARTS) is 1. The minimum Gasteiger partial charge on any atom is -0.478 e. The Morgan fingerprint density at radius 3 is 2.68 bits per heavy atom. The zero-order valence-corrected chi connectivity index (χ0v) is 12.2. The normalized spacial score (nSPS) is 15.5. The summed E-state index contributed by atoms with van der Waals surface area (Å²) in [6.07, 6.45) is 3.92. The molecule has 114 valence electrons. The highest BCUT2D eigenvalue weighted by Gasteiger charge is 2.15. The molecule has 1 fully saturated rings. The van der Waals surface area contributed by atoms with Crippen molar-refractivity contribution in [3.63, 3.8) is 0 Å². The first-order valence-corrected chi connectivity index (χ1v) is 7.39. The molecule has 0 radical (unpaired) electrons. The van der Waals surface area contributed by atoms with E-state index in [1.54, 1.807) is 24.4 Å². The van der Waals surface area contributed by atoms with Crippen molar-refractivity contribution >= 4 is 5.97 Å². The highest BCUT2D eigenvalue weighted by atomic mass is 16.5. The number of nitrogens with one attached hydrogen (secondary N) is 1. The number of hydrogen-bond donors (Lipinski definition) is 2. The summed E-state index contributed by atoms with van der Waals surface area (Å²) in [6.45, 7) is 1.95. The van der Waals surface area contributed by atoms with Gasteiger partial charge < -0.3 is 15.2 Å². The molecule has 1 aromatic carbocycles. The second kappa shape index (κ2) is 6.58. The highest BCUT2D eigenvalue weighted by Crippen LogP contribution is 2.22. The van der Waals surface area contributed by atoms with E-state index < -0.39 is 5.97 Å². The van der Waals surface area contributed by atoms with Crippen LogP contribution < -0.4 is 10.1 Å². The molecule has 1 saturated heterocycles. The monoisotopic (exact) mass is 298 g/mol. The number of ether oxygens (including phenoxy) is 1. The molecule has 0 bridgehead atoms. The Kier molecular flexibility index (Phi) is 4.34. The van der Waals surface area contributed by atoms with Crippen molar-refractivity contribution < 1.29 is 14.6 Å². The largest absolute Gasteiger partial charge is 0.478 e. The Morgan fingerprint density at radius 1 is 1.18 bits per heavy atom. The fourth-order valence-electron chi connectivity index (χ4n) is 2.54. The molecule has 5 heteroatoms. The molecule has 0 amide bonds. The number of hydrogen-bond acceptors (Lipinski definition) is 4. The van der Waals surface area contributed by atoms with Crippen molar-refractivity contribution in [3.05, 3.63) is 48.2 Å². The van der Waals surface area contributed by atoms with Gasteiger partial charge in [-0.2, -0.15) is 0 Å². The Labute approximate surface area is 129 Å². The van der Waals surface area contributed by atoms with E-state index in [-0.39, 0.29) is 11.7 Å². The maximum absolute atomic E-state index is 11.0. The van der Waals surface area contributed by atoms with Crippen LogP contribution in [0.4, 0.5) is 0 Å². The Bertz CT molecular complexity index is 649. The maximum Gasteiger partial charge on any atom is 0.335 e. The average molecular weight is 298 g/mol. The molecule has 0 aliphatic carbocycles. The van der Waals surface area contributed by atoms with Gasteiger partial charge in [-0.05, 0) is 49.7 Å². The van der Waals surface area contributed by atoms with Crippen LogP contribution in [0.1, 0.15) is 23.2 Å². The fourth-order valence-corrected chi connectivity index (χ4v) is 2.54. The van der Waals surface area contributed by atoms with E-state index in [1.807, 2.05) is 18.2 Å². The molecule has 2 heterocycles. The minimum atomic E-state index is -0.930. The van der Waals surface area contributed by atoms with Gasteiger partial charge in [0.15, 0.2) is 0 Å². The summed E-state index contributed by atoms with van der Waals surface area (Å²) in [5.41, 5.74) is 1.98. The predicted octanol–water partition coefficient (Wildman–Crippen LogP) is 2.58. The van der Waals surface area contributed by atoms with Crippen LogP contribution in [0.3, 0.4) is 0 Å². The topological polar surface area (TPSA) is 71.5 Å². The van der Waals surface area contributed by atoms with Gasteiger partial charge in [-0.1, -0.05) is 12.1 Å². The number of pyridine rings is 1. The van der Waals surface area contributed by atoms with Crippen LogP contribution >= 0.6 is 0 Å². The molecule has 0 unspecified atom stereocenters. The van der Waals surface area contributed by atoms with E-state index in [1.165, 1.54) is 0 Å². The molecule has 2 aromatic rings. The molecular weight excluding hydrogens is 280 g/mol. The first-order valence-electron chi connectivity index (χ1n) is 7.39. The molecule has 2 N–H and O–H groups in total. The van der Waals surface area contributed by atoms with Crippen molar-refractivity contribution in [2.45, 2.75) is 18.9 Å². The summed E-state index contributed by atoms with van der Waals surface area (Å²) < 4.78 is 5.86. The molecule has 1 aliphatic heterocycles. The first-order chi connectivity index (χ1) is 10.7. The van der Waals surface area contributed by atoms with Gasteiger partial charge in [0.05, 0.1) is 5.56 Å². The van der Waals surface area contributed by atoms with Crippen molar-refractivity contribution in [1.29, 1.82) is 0 Å². The van der Waals surface area contributed by atoms with Gasteiger partial charge in [-0.25, -0.2) is 9.78 Å². The van der Waals surface area contributed by atoms with E-state index in [0.29, 0.717) is 5.88 Å². The lowest BCUT2D eigenvalue weighted by molar-refractivity contribution is 0.0697. The number of carboxylic acids is 1. The van der Waals surface area contributed by atoms with Gasteiger partial charge in [0, 0.05) is 17.8 Å². The Morgan fingerprint density at radius 2 is 2.00 bits per heavy atom. The molecule has 0 spiro atoms. The molecule has 1 aliphatic rings. The van der Waals surface area contributed by atoms with Crippen LogP contribution in [0, 0.1) is 0 Å². The zero-order chi connectivity index (χ0) is 15.4. The molecule has 1 aromatic heterocycles. The molecule has 0 saturated carbocycles. The maximum atomic E-state index is 11.0. The van der Waals surface area contributed by atoms with Crippen LogP contribution in [0.25, 0.3) is 11.1 Å². The number of piperidine rings is 1. The smallest absolute Gasteiger partial charge is 0.335 e. The number of carbonyl (C=O) groups is 1. The van der Waals surface area contributed by atoms with Crippen LogP contribution in [0.15, 0.2) is 42.6 Å². The lowest BCUT2D eigenvalue weighted by Gasteiger charge is -2.23. The number of benzene rings is 1. The van der Waals surface area contributed by atoms with Gasteiger partial charge in [-0.15, -0.1) is 0 Å². The van der Waals surface area contributed by atoms with Gasteiger partial charge in [0.1, 0.15) is 6.10 Å². The van der Waals surface area contributed by atoms with Crippen LogP contribution in [0.5, 0.6) is 5.88 Å².